The van der Waals surface area contributed by atoms with E-state index in [9.17, 15) is 0 Å². The van der Waals surface area contributed by atoms with Gasteiger partial charge in [-0.25, -0.2) is 15.0 Å². The van der Waals surface area contributed by atoms with Crippen LogP contribution in [0.5, 0.6) is 5.88 Å². The number of hydrogen-bond acceptors (Lipinski definition) is 5. The monoisotopic (exact) mass is 258 g/mol. The molecule has 2 aromatic rings. The van der Waals surface area contributed by atoms with Crippen LogP contribution >= 0.6 is 0 Å². The van der Waals surface area contributed by atoms with E-state index in [0.717, 1.165) is 41.1 Å². The van der Waals surface area contributed by atoms with Crippen LogP contribution in [0.1, 0.15) is 30.8 Å². The van der Waals surface area contributed by atoms with Crippen molar-refractivity contribution >= 4 is 16.7 Å². The minimum Gasteiger partial charge on any atom is -0.474 e. The number of rotatable bonds is 3. The highest BCUT2D eigenvalue weighted by Crippen LogP contribution is 2.32. The first-order valence-electron chi connectivity index (χ1n) is 6.68. The molecule has 1 N–H and O–H groups in total. The molecule has 3 rings (SSSR count). The quantitative estimate of drug-likeness (QED) is 0.917. The van der Waals surface area contributed by atoms with E-state index >= 15 is 0 Å². The Kier molecular flexibility index (Phi) is 2.97. The summed E-state index contributed by atoms with van der Waals surface area (Å²) in [6.07, 6.45) is 3.75. The van der Waals surface area contributed by atoms with Gasteiger partial charge in [0.15, 0.2) is 0 Å². The molecule has 0 aromatic carbocycles. The summed E-state index contributed by atoms with van der Waals surface area (Å²) in [5.74, 6) is 2.19. The molecule has 0 amide bonds. The summed E-state index contributed by atoms with van der Waals surface area (Å²) in [5.41, 5.74) is 1.81. The van der Waals surface area contributed by atoms with Crippen LogP contribution in [0.25, 0.3) is 10.9 Å². The van der Waals surface area contributed by atoms with Crippen molar-refractivity contribution in [3.8, 4) is 5.88 Å². The van der Waals surface area contributed by atoms with Gasteiger partial charge in [0, 0.05) is 12.7 Å². The molecule has 1 fully saturated rings. The Hall–Kier alpha value is -1.91. The second-order valence-corrected chi connectivity index (χ2v) is 5.00. The topological polar surface area (TPSA) is 59.9 Å². The maximum Gasteiger partial charge on any atom is 0.227 e. The lowest BCUT2D eigenvalue weighted by Crippen LogP contribution is -2.25. The van der Waals surface area contributed by atoms with E-state index in [4.69, 9.17) is 4.74 Å². The second kappa shape index (κ2) is 4.64. The third-order valence-electron chi connectivity index (χ3n) is 3.45. The van der Waals surface area contributed by atoms with Gasteiger partial charge in [0.1, 0.15) is 23.1 Å². The molecular weight excluding hydrogens is 240 g/mol. The van der Waals surface area contributed by atoms with Crippen molar-refractivity contribution in [2.75, 3.05) is 12.4 Å². The molecule has 100 valence electrons. The van der Waals surface area contributed by atoms with E-state index in [1.54, 1.807) is 0 Å². The van der Waals surface area contributed by atoms with Gasteiger partial charge in [0.05, 0.1) is 5.52 Å². The highest BCUT2D eigenvalue weighted by Gasteiger charge is 2.22. The fourth-order valence-electron chi connectivity index (χ4n) is 2.27. The predicted octanol–water partition coefficient (Wildman–Crippen LogP) is 2.61. The zero-order valence-corrected chi connectivity index (χ0v) is 11.5. The highest BCUT2D eigenvalue weighted by atomic mass is 16.5. The zero-order chi connectivity index (χ0) is 13.4. The van der Waals surface area contributed by atoms with E-state index in [2.05, 4.69) is 20.3 Å². The van der Waals surface area contributed by atoms with Gasteiger partial charge in [-0.05, 0) is 39.2 Å². The number of nitrogens with one attached hydrogen (secondary N) is 1. The third kappa shape index (κ3) is 2.20. The molecule has 0 aliphatic heterocycles. The molecule has 5 nitrogen and oxygen atoms in total. The minimum atomic E-state index is 0.295. The van der Waals surface area contributed by atoms with Gasteiger partial charge in [-0.1, -0.05) is 0 Å². The minimum absolute atomic E-state index is 0.295. The number of aromatic nitrogens is 3. The van der Waals surface area contributed by atoms with Crippen LogP contribution in [0.4, 0.5) is 5.82 Å². The van der Waals surface area contributed by atoms with Crippen molar-refractivity contribution in [1.29, 1.82) is 0 Å². The number of ether oxygens (including phenoxy) is 1. The molecule has 1 saturated carbocycles. The summed E-state index contributed by atoms with van der Waals surface area (Å²) >= 11 is 0. The summed E-state index contributed by atoms with van der Waals surface area (Å²) in [6.45, 7) is 3.85. The second-order valence-electron chi connectivity index (χ2n) is 5.00. The standard InChI is InChI=1S/C14H18N4O/c1-8-7-11-12(13(15-3)18-9(2)17-11)14(16-8)19-10-5-4-6-10/h7,10H,4-6H2,1-3H3,(H,15,17,18). The van der Waals surface area contributed by atoms with Crippen LogP contribution in [0.3, 0.4) is 0 Å². The van der Waals surface area contributed by atoms with E-state index in [-0.39, 0.29) is 0 Å². The lowest BCUT2D eigenvalue weighted by molar-refractivity contribution is 0.116. The molecule has 0 atom stereocenters. The maximum absolute atomic E-state index is 6.00. The molecule has 2 aromatic heterocycles. The number of aryl methyl sites for hydroxylation is 2. The van der Waals surface area contributed by atoms with Crippen molar-refractivity contribution in [2.24, 2.45) is 0 Å². The van der Waals surface area contributed by atoms with Crippen LogP contribution in [0.15, 0.2) is 6.07 Å². The van der Waals surface area contributed by atoms with E-state index in [1.807, 2.05) is 27.0 Å². The molecule has 0 unspecified atom stereocenters. The number of fused-ring (bicyclic) bond motifs is 1. The molecule has 0 radical (unpaired) electrons. The summed E-state index contributed by atoms with van der Waals surface area (Å²) in [6, 6.07) is 1.97. The molecule has 2 heterocycles. The van der Waals surface area contributed by atoms with Crippen LogP contribution in [-0.4, -0.2) is 28.1 Å². The fraction of sp³-hybridized carbons (Fsp3) is 0.500. The van der Waals surface area contributed by atoms with Crippen LogP contribution < -0.4 is 10.1 Å². The summed E-state index contributed by atoms with van der Waals surface area (Å²) in [7, 11) is 1.86. The van der Waals surface area contributed by atoms with Crippen molar-refractivity contribution in [1.82, 2.24) is 15.0 Å². The van der Waals surface area contributed by atoms with Crippen LogP contribution in [0.2, 0.25) is 0 Å². The smallest absolute Gasteiger partial charge is 0.227 e. The Morgan fingerprint density at radius 3 is 2.63 bits per heavy atom. The van der Waals surface area contributed by atoms with E-state index in [1.165, 1.54) is 6.42 Å². The average molecular weight is 258 g/mol. The van der Waals surface area contributed by atoms with Crippen LogP contribution in [-0.2, 0) is 0 Å². The van der Waals surface area contributed by atoms with Gasteiger partial charge in [-0.15, -0.1) is 0 Å². The van der Waals surface area contributed by atoms with Crippen molar-refractivity contribution in [3.63, 3.8) is 0 Å². The summed E-state index contributed by atoms with van der Waals surface area (Å²) in [5, 5.41) is 3.99. The maximum atomic E-state index is 6.00. The van der Waals surface area contributed by atoms with Gasteiger partial charge in [0.25, 0.3) is 0 Å². The molecule has 5 heteroatoms. The number of pyridine rings is 1. The van der Waals surface area contributed by atoms with Crippen molar-refractivity contribution in [3.05, 3.63) is 17.6 Å². The van der Waals surface area contributed by atoms with Crippen molar-refractivity contribution in [2.45, 2.75) is 39.2 Å². The molecule has 0 saturated heterocycles. The molecule has 0 spiro atoms. The van der Waals surface area contributed by atoms with E-state index in [0.29, 0.717) is 12.0 Å². The summed E-state index contributed by atoms with van der Waals surface area (Å²) in [4.78, 5) is 13.4. The normalized spacial score (nSPS) is 15.3. The molecular formula is C14H18N4O. The molecule has 19 heavy (non-hydrogen) atoms. The first kappa shape index (κ1) is 12.1. The van der Waals surface area contributed by atoms with Gasteiger partial charge in [-0.2, -0.15) is 0 Å². The first-order chi connectivity index (χ1) is 9.17. The Morgan fingerprint density at radius 1 is 1.21 bits per heavy atom. The predicted molar refractivity (Wildman–Crippen MR) is 74.6 cm³/mol. The summed E-state index contributed by atoms with van der Waals surface area (Å²) < 4.78 is 6.00. The Balaban J connectivity index is 2.17. The highest BCUT2D eigenvalue weighted by molar-refractivity contribution is 5.93. The SMILES string of the molecule is CNc1nc(C)nc2cc(C)nc(OC3CCC3)c12. The van der Waals surface area contributed by atoms with Crippen molar-refractivity contribution < 1.29 is 4.74 Å². The van der Waals surface area contributed by atoms with Gasteiger partial charge < -0.3 is 10.1 Å². The van der Waals surface area contributed by atoms with Gasteiger partial charge >= 0.3 is 0 Å². The Labute approximate surface area is 112 Å². The Bertz CT molecular complexity index is 617. The number of nitrogens with zero attached hydrogens (tertiary/aromatic N) is 3. The number of hydrogen-bond donors (Lipinski definition) is 1. The fourth-order valence-corrected chi connectivity index (χ4v) is 2.27. The molecule has 1 aliphatic carbocycles. The molecule has 1 aliphatic rings. The lowest BCUT2D eigenvalue weighted by atomic mass is 9.96. The largest absolute Gasteiger partial charge is 0.474 e. The van der Waals surface area contributed by atoms with Crippen LogP contribution in [0, 0.1) is 13.8 Å². The third-order valence-corrected chi connectivity index (χ3v) is 3.45. The zero-order valence-electron chi connectivity index (χ0n) is 11.5. The first-order valence-corrected chi connectivity index (χ1v) is 6.68. The van der Waals surface area contributed by atoms with Gasteiger partial charge in [-0.3, -0.25) is 0 Å². The van der Waals surface area contributed by atoms with Gasteiger partial charge in [0.2, 0.25) is 5.88 Å². The number of anilines is 1. The average Bonchev–Trinajstić information content (AvgIpc) is 2.31. The molecule has 0 bridgehead atoms. The lowest BCUT2D eigenvalue weighted by Gasteiger charge is -2.26. The Morgan fingerprint density at radius 2 is 2.00 bits per heavy atom. The van der Waals surface area contributed by atoms with E-state index < -0.39 is 0 Å².